The van der Waals surface area contributed by atoms with E-state index in [1.807, 2.05) is 6.92 Å². The summed E-state index contributed by atoms with van der Waals surface area (Å²) in [4.78, 5) is 8.04. The summed E-state index contributed by atoms with van der Waals surface area (Å²) in [6, 6.07) is 0. The minimum absolute atomic E-state index is 0.585. The number of nitrogens with zero attached hydrogens (tertiary/aromatic N) is 3. The third-order valence-electron chi connectivity index (χ3n) is 1.77. The Balaban J connectivity index is 2.64. The van der Waals surface area contributed by atoms with Crippen molar-refractivity contribution in [1.29, 1.82) is 0 Å². The summed E-state index contributed by atoms with van der Waals surface area (Å²) < 4.78 is 13.3. The van der Waals surface area contributed by atoms with E-state index in [1.165, 1.54) is 0 Å². The first kappa shape index (κ1) is 8.37. The van der Waals surface area contributed by atoms with E-state index in [-0.39, 0.29) is 0 Å². The Morgan fingerprint density at radius 3 is 3.15 bits per heavy atom. The quantitative estimate of drug-likeness (QED) is 0.714. The lowest BCUT2D eigenvalue weighted by molar-refractivity contribution is 0.676. The van der Waals surface area contributed by atoms with Crippen molar-refractivity contribution < 1.29 is 4.21 Å². The minimum Gasteiger partial charge on any atom is -0.290 e. The van der Waals surface area contributed by atoms with Gasteiger partial charge in [-0.3, -0.25) is 13.6 Å². The van der Waals surface area contributed by atoms with Gasteiger partial charge in [0.2, 0.25) is 5.16 Å². The van der Waals surface area contributed by atoms with Crippen molar-refractivity contribution >= 4 is 16.3 Å². The predicted octanol–water partition coefficient (Wildman–Crippen LogP) is 0.857. The van der Waals surface area contributed by atoms with Crippen LogP contribution in [0.5, 0.6) is 0 Å². The van der Waals surface area contributed by atoms with Gasteiger partial charge in [-0.25, -0.2) is 4.98 Å². The normalized spacial score (nSPS) is 13.3. The molecule has 0 aliphatic heterocycles. The van der Waals surface area contributed by atoms with E-state index in [2.05, 4.69) is 9.97 Å². The molecule has 0 aliphatic carbocycles. The van der Waals surface area contributed by atoms with Gasteiger partial charge in [-0.2, -0.15) is 0 Å². The molecule has 0 saturated heterocycles. The Hall–Kier alpha value is -1.23. The van der Waals surface area contributed by atoms with Gasteiger partial charge in [-0.1, -0.05) is 6.92 Å². The van der Waals surface area contributed by atoms with E-state index in [4.69, 9.17) is 0 Å². The summed E-state index contributed by atoms with van der Waals surface area (Å²) in [5, 5.41) is 0.597. The van der Waals surface area contributed by atoms with Crippen LogP contribution in [0.1, 0.15) is 6.92 Å². The monoisotopic (exact) mass is 195 g/mol. The van der Waals surface area contributed by atoms with Crippen molar-refractivity contribution in [3.63, 3.8) is 0 Å². The Morgan fingerprint density at radius 2 is 2.38 bits per heavy atom. The lowest BCUT2D eigenvalue weighted by Gasteiger charge is -1.97. The number of hydrogen-bond acceptors (Lipinski definition) is 3. The molecule has 0 bridgehead atoms. The van der Waals surface area contributed by atoms with Crippen LogP contribution < -0.4 is 0 Å². The second-order valence-corrected chi connectivity index (χ2v) is 4.18. The third kappa shape index (κ3) is 1.35. The highest BCUT2D eigenvalue weighted by molar-refractivity contribution is 7.84. The van der Waals surface area contributed by atoms with Crippen molar-refractivity contribution in [2.24, 2.45) is 0 Å². The molecule has 0 aromatic carbocycles. The summed E-state index contributed by atoms with van der Waals surface area (Å²) in [5.74, 6) is 0.585. The van der Waals surface area contributed by atoms with Crippen LogP contribution in [0.25, 0.3) is 5.52 Å². The van der Waals surface area contributed by atoms with Crippen molar-refractivity contribution in [3.8, 4) is 0 Å². The maximum Gasteiger partial charge on any atom is 0.203 e. The standard InChI is InChI=1S/C8H9N3OS/c1-2-13(12)8-10-6-7-5-9-3-4-11(7)8/h3-6H,2H2,1H3/t13-/m1/s1. The van der Waals surface area contributed by atoms with Crippen LogP contribution in [0.4, 0.5) is 0 Å². The maximum absolute atomic E-state index is 11.5. The smallest absolute Gasteiger partial charge is 0.203 e. The van der Waals surface area contributed by atoms with E-state index in [1.54, 1.807) is 29.2 Å². The molecule has 0 aliphatic rings. The number of rotatable bonds is 2. The molecule has 4 nitrogen and oxygen atoms in total. The Labute approximate surface area is 78.1 Å². The van der Waals surface area contributed by atoms with E-state index in [9.17, 15) is 4.21 Å². The van der Waals surface area contributed by atoms with Crippen molar-refractivity contribution in [2.45, 2.75) is 12.1 Å². The van der Waals surface area contributed by atoms with E-state index in [0.717, 1.165) is 5.52 Å². The molecule has 0 N–H and O–H groups in total. The number of hydrogen-bond donors (Lipinski definition) is 0. The second kappa shape index (κ2) is 3.26. The molecule has 5 heteroatoms. The summed E-state index contributed by atoms with van der Waals surface area (Å²) in [5.41, 5.74) is 0.874. The van der Waals surface area contributed by atoms with Gasteiger partial charge in [0.25, 0.3) is 0 Å². The molecular formula is C8H9N3OS. The van der Waals surface area contributed by atoms with E-state index < -0.39 is 10.8 Å². The number of fused-ring (bicyclic) bond motifs is 1. The maximum atomic E-state index is 11.5. The molecular weight excluding hydrogens is 186 g/mol. The highest BCUT2D eigenvalue weighted by atomic mass is 32.2. The van der Waals surface area contributed by atoms with Crippen LogP contribution in [0.3, 0.4) is 0 Å². The SMILES string of the molecule is CC[S@@](=O)c1ncc2cnccn12. The van der Waals surface area contributed by atoms with Gasteiger partial charge in [-0.05, 0) is 0 Å². The Kier molecular flexibility index (Phi) is 2.10. The van der Waals surface area contributed by atoms with E-state index >= 15 is 0 Å². The van der Waals surface area contributed by atoms with E-state index in [0.29, 0.717) is 10.9 Å². The molecule has 0 spiro atoms. The molecule has 13 heavy (non-hydrogen) atoms. The molecule has 68 valence electrons. The fraction of sp³-hybridized carbons (Fsp3) is 0.250. The van der Waals surface area contributed by atoms with Gasteiger partial charge < -0.3 is 0 Å². The van der Waals surface area contributed by atoms with Gasteiger partial charge in [-0.15, -0.1) is 0 Å². The van der Waals surface area contributed by atoms with Crippen molar-refractivity contribution in [3.05, 3.63) is 24.8 Å². The zero-order valence-electron chi connectivity index (χ0n) is 7.17. The van der Waals surface area contributed by atoms with Crippen LogP contribution in [-0.4, -0.2) is 24.3 Å². The zero-order chi connectivity index (χ0) is 9.26. The second-order valence-electron chi connectivity index (χ2n) is 2.55. The van der Waals surface area contributed by atoms with Gasteiger partial charge in [0.1, 0.15) is 0 Å². The first-order chi connectivity index (χ1) is 6.33. The molecule has 2 aromatic heterocycles. The summed E-state index contributed by atoms with van der Waals surface area (Å²) in [6.45, 7) is 1.87. The molecule has 2 heterocycles. The zero-order valence-corrected chi connectivity index (χ0v) is 7.99. The summed E-state index contributed by atoms with van der Waals surface area (Å²) >= 11 is 0. The van der Waals surface area contributed by atoms with Crippen LogP contribution in [0, 0.1) is 0 Å². The fourth-order valence-electron chi connectivity index (χ4n) is 1.12. The van der Waals surface area contributed by atoms with Crippen LogP contribution in [-0.2, 0) is 10.8 Å². The molecule has 2 rings (SSSR count). The van der Waals surface area contributed by atoms with Crippen LogP contribution in [0.15, 0.2) is 29.9 Å². The molecule has 0 unspecified atom stereocenters. The molecule has 0 saturated carbocycles. The lowest BCUT2D eigenvalue weighted by Crippen LogP contribution is -2.00. The van der Waals surface area contributed by atoms with Crippen LogP contribution in [0.2, 0.25) is 0 Å². The first-order valence-corrected chi connectivity index (χ1v) is 5.30. The summed E-state index contributed by atoms with van der Waals surface area (Å²) in [7, 11) is -1.01. The molecule has 2 aromatic rings. The van der Waals surface area contributed by atoms with Crippen molar-refractivity contribution in [2.75, 3.05) is 5.75 Å². The van der Waals surface area contributed by atoms with Gasteiger partial charge in [0.15, 0.2) is 0 Å². The Bertz CT molecular complexity index is 451. The fourth-order valence-corrected chi connectivity index (χ4v) is 1.94. The van der Waals surface area contributed by atoms with Gasteiger partial charge >= 0.3 is 0 Å². The van der Waals surface area contributed by atoms with Crippen LogP contribution >= 0.6 is 0 Å². The lowest BCUT2D eigenvalue weighted by atomic mass is 10.6. The molecule has 0 fully saturated rings. The summed E-state index contributed by atoms with van der Waals surface area (Å²) in [6.07, 6.45) is 6.80. The minimum atomic E-state index is -1.01. The largest absolute Gasteiger partial charge is 0.290 e. The molecule has 0 amide bonds. The highest BCUT2D eigenvalue weighted by Crippen LogP contribution is 2.08. The average Bonchev–Trinajstić information content (AvgIpc) is 2.60. The van der Waals surface area contributed by atoms with Gasteiger partial charge in [0.05, 0.1) is 28.7 Å². The third-order valence-corrected chi connectivity index (χ3v) is 3.00. The van der Waals surface area contributed by atoms with Crippen molar-refractivity contribution in [1.82, 2.24) is 14.4 Å². The Morgan fingerprint density at radius 1 is 1.54 bits per heavy atom. The number of aromatic nitrogens is 3. The topological polar surface area (TPSA) is 47.3 Å². The highest BCUT2D eigenvalue weighted by Gasteiger charge is 2.07. The van der Waals surface area contributed by atoms with Gasteiger partial charge in [0, 0.05) is 18.1 Å². The first-order valence-electron chi connectivity index (χ1n) is 3.98. The average molecular weight is 195 g/mol. The molecule has 0 radical (unpaired) electrons. The number of imidazole rings is 1. The molecule has 1 atom stereocenters. The predicted molar refractivity (Wildman–Crippen MR) is 49.9 cm³/mol.